The molecule has 1 N–H and O–H groups in total. The molecule has 3 atom stereocenters. The van der Waals surface area contributed by atoms with Crippen LogP contribution in [0.5, 0.6) is 0 Å². The molecule has 1 fully saturated rings. The second-order valence-electron chi connectivity index (χ2n) is 7.37. The lowest BCUT2D eigenvalue weighted by Crippen LogP contribution is -2.29. The van der Waals surface area contributed by atoms with Crippen LogP contribution in [-0.2, 0) is 11.2 Å². The Morgan fingerprint density at radius 1 is 1.29 bits per heavy atom. The maximum Gasteiger partial charge on any atom is 0.0631 e. The maximum absolute atomic E-state index is 6.23. The van der Waals surface area contributed by atoms with Crippen molar-refractivity contribution in [2.75, 3.05) is 6.54 Å². The molecule has 1 aromatic carbocycles. The van der Waals surface area contributed by atoms with Crippen LogP contribution in [0.2, 0.25) is 0 Å². The van der Waals surface area contributed by atoms with Crippen LogP contribution >= 0.6 is 0 Å². The van der Waals surface area contributed by atoms with E-state index in [1.54, 1.807) is 0 Å². The van der Waals surface area contributed by atoms with Crippen LogP contribution in [0.25, 0.3) is 0 Å². The van der Waals surface area contributed by atoms with Crippen molar-refractivity contribution < 1.29 is 4.74 Å². The molecule has 0 saturated carbocycles. The van der Waals surface area contributed by atoms with Crippen molar-refractivity contribution >= 4 is 0 Å². The highest BCUT2D eigenvalue weighted by Gasteiger charge is 2.37. The van der Waals surface area contributed by atoms with Crippen LogP contribution in [0, 0.1) is 5.92 Å². The first-order valence-electron chi connectivity index (χ1n) is 8.58. The van der Waals surface area contributed by atoms with Gasteiger partial charge in [-0.25, -0.2) is 0 Å². The highest BCUT2D eigenvalue weighted by atomic mass is 16.5. The molecule has 2 aliphatic rings. The van der Waals surface area contributed by atoms with Gasteiger partial charge in [-0.1, -0.05) is 31.2 Å². The number of nitrogens with one attached hydrogen (secondary N) is 1. The number of hydrogen-bond donors (Lipinski definition) is 1. The Balaban J connectivity index is 1.70. The Morgan fingerprint density at radius 3 is 2.81 bits per heavy atom. The molecule has 116 valence electrons. The van der Waals surface area contributed by atoms with Gasteiger partial charge in [-0.2, -0.15) is 0 Å². The SMILES string of the molecule is CCCNC1c2ccccc2CC1CC1CCC(C)(C)O1. The molecule has 1 saturated heterocycles. The van der Waals surface area contributed by atoms with E-state index in [-0.39, 0.29) is 5.60 Å². The average Bonchev–Trinajstić information content (AvgIpc) is 2.97. The van der Waals surface area contributed by atoms with Gasteiger partial charge in [0.05, 0.1) is 11.7 Å². The topological polar surface area (TPSA) is 21.3 Å². The van der Waals surface area contributed by atoms with E-state index in [1.165, 1.54) is 43.2 Å². The van der Waals surface area contributed by atoms with Crippen molar-refractivity contribution in [3.05, 3.63) is 35.4 Å². The largest absolute Gasteiger partial charge is 0.372 e. The third kappa shape index (κ3) is 3.32. The van der Waals surface area contributed by atoms with Gasteiger partial charge < -0.3 is 10.1 Å². The van der Waals surface area contributed by atoms with Gasteiger partial charge in [0.15, 0.2) is 0 Å². The van der Waals surface area contributed by atoms with Crippen molar-refractivity contribution in [2.24, 2.45) is 5.92 Å². The highest BCUT2D eigenvalue weighted by molar-refractivity contribution is 5.35. The van der Waals surface area contributed by atoms with Gasteiger partial charge in [0.25, 0.3) is 0 Å². The van der Waals surface area contributed by atoms with E-state index in [2.05, 4.69) is 50.4 Å². The van der Waals surface area contributed by atoms with Crippen LogP contribution in [0.15, 0.2) is 24.3 Å². The normalized spacial score (nSPS) is 30.5. The molecule has 3 rings (SSSR count). The van der Waals surface area contributed by atoms with Crippen LogP contribution in [0.3, 0.4) is 0 Å². The Morgan fingerprint density at radius 2 is 2.10 bits per heavy atom. The number of benzene rings is 1. The molecule has 0 amide bonds. The standard InChI is InChI=1S/C19H29NO/c1-4-11-20-18-15(12-14-7-5-6-8-17(14)18)13-16-9-10-19(2,3)21-16/h5-8,15-16,18,20H,4,9-13H2,1-3H3. The van der Waals surface area contributed by atoms with Crippen molar-refractivity contribution in [3.8, 4) is 0 Å². The first-order chi connectivity index (χ1) is 10.1. The number of rotatable bonds is 5. The lowest BCUT2D eigenvalue weighted by molar-refractivity contribution is -0.0259. The van der Waals surface area contributed by atoms with Crippen molar-refractivity contribution in [1.29, 1.82) is 0 Å². The fraction of sp³-hybridized carbons (Fsp3) is 0.684. The summed E-state index contributed by atoms with van der Waals surface area (Å²) in [5.41, 5.74) is 3.14. The first kappa shape index (κ1) is 15.1. The Bertz CT molecular complexity index is 482. The van der Waals surface area contributed by atoms with Gasteiger partial charge in [0.1, 0.15) is 0 Å². The third-order valence-corrected chi connectivity index (χ3v) is 5.08. The lowest BCUT2D eigenvalue weighted by atomic mass is 9.92. The minimum absolute atomic E-state index is 0.0858. The fourth-order valence-corrected chi connectivity index (χ4v) is 4.05. The van der Waals surface area contributed by atoms with Crippen molar-refractivity contribution in [3.63, 3.8) is 0 Å². The average molecular weight is 287 g/mol. The maximum atomic E-state index is 6.23. The summed E-state index contributed by atoms with van der Waals surface area (Å²) in [5.74, 6) is 0.688. The van der Waals surface area contributed by atoms with E-state index in [4.69, 9.17) is 4.74 Å². The zero-order valence-electron chi connectivity index (χ0n) is 13.7. The molecule has 0 spiro atoms. The first-order valence-corrected chi connectivity index (χ1v) is 8.58. The number of fused-ring (bicyclic) bond motifs is 1. The van der Waals surface area contributed by atoms with E-state index < -0.39 is 0 Å². The minimum atomic E-state index is 0.0858. The van der Waals surface area contributed by atoms with Gasteiger partial charge in [0, 0.05) is 6.04 Å². The van der Waals surface area contributed by atoms with E-state index in [0.29, 0.717) is 18.1 Å². The summed E-state index contributed by atoms with van der Waals surface area (Å²) in [7, 11) is 0. The molecule has 0 radical (unpaired) electrons. The molecule has 1 aliphatic heterocycles. The van der Waals surface area contributed by atoms with Crippen LogP contribution in [0.4, 0.5) is 0 Å². The Labute approximate surface area is 129 Å². The zero-order chi connectivity index (χ0) is 14.9. The van der Waals surface area contributed by atoms with Crippen LogP contribution in [0.1, 0.15) is 63.6 Å². The molecule has 1 heterocycles. The van der Waals surface area contributed by atoms with Gasteiger partial charge in [-0.3, -0.25) is 0 Å². The van der Waals surface area contributed by atoms with Gasteiger partial charge in [-0.15, -0.1) is 0 Å². The zero-order valence-corrected chi connectivity index (χ0v) is 13.7. The van der Waals surface area contributed by atoms with E-state index >= 15 is 0 Å². The summed E-state index contributed by atoms with van der Waals surface area (Å²) < 4.78 is 6.23. The summed E-state index contributed by atoms with van der Waals surface area (Å²) in [5, 5.41) is 3.78. The van der Waals surface area contributed by atoms with Gasteiger partial charge in [-0.05, 0) is 69.5 Å². The van der Waals surface area contributed by atoms with E-state index in [9.17, 15) is 0 Å². The third-order valence-electron chi connectivity index (χ3n) is 5.08. The predicted octanol–water partition coefficient (Wildman–Crippen LogP) is 4.25. The highest BCUT2D eigenvalue weighted by Crippen LogP contribution is 2.41. The van der Waals surface area contributed by atoms with E-state index in [0.717, 1.165) is 6.54 Å². The van der Waals surface area contributed by atoms with Crippen LogP contribution < -0.4 is 5.32 Å². The summed E-state index contributed by atoms with van der Waals surface area (Å²) in [4.78, 5) is 0. The summed E-state index contributed by atoms with van der Waals surface area (Å²) in [6.07, 6.45) is 6.46. The Hall–Kier alpha value is -0.860. The quantitative estimate of drug-likeness (QED) is 0.874. The number of hydrogen-bond acceptors (Lipinski definition) is 2. The molecule has 3 unspecified atom stereocenters. The molecule has 2 nitrogen and oxygen atoms in total. The summed E-state index contributed by atoms with van der Waals surface area (Å²) >= 11 is 0. The van der Waals surface area contributed by atoms with E-state index in [1.807, 2.05) is 0 Å². The molecule has 0 bridgehead atoms. The van der Waals surface area contributed by atoms with Crippen molar-refractivity contribution in [2.45, 2.75) is 70.6 Å². The smallest absolute Gasteiger partial charge is 0.0631 e. The van der Waals surface area contributed by atoms with Crippen LogP contribution in [-0.4, -0.2) is 18.2 Å². The molecule has 1 aromatic rings. The minimum Gasteiger partial charge on any atom is -0.372 e. The molecule has 0 aromatic heterocycles. The number of ether oxygens (including phenoxy) is 1. The Kier molecular flexibility index (Phi) is 4.37. The predicted molar refractivity (Wildman–Crippen MR) is 87.5 cm³/mol. The molecule has 2 heteroatoms. The van der Waals surface area contributed by atoms with Gasteiger partial charge >= 0.3 is 0 Å². The second kappa shape index (κ2) is 6.10. The molecule has 21 heavy (non-hydrogen) atoms. The second-order valence-corrected chi connectivity index (χ2v) is 7.37. The monoisotopic (exact) mass is 287 g/mol. The molecular weight excluding hydrogens is 258 g/mol. The van der Waals surface area contributed by atoms with Crippen molar-refractivity contribution in [1.82, 2.24) is 5.32 Å². The lowest BCUT2D eigenvalue weighted by Gasteiger charge is -2.26. The molecule has 1 aliphatic carbocycles. The van der Waals surface area contributed by atoms with Gasteiger partial charge in [0.2, 0.25) is 0 Å². The fourth-order valence-electron chi connectivity index (χ4n) is 4.05. The molecular formula is C19H29NO. The summed E-state index contributed by atoms with van der Waals surface area (Å²) in [6.45, 7) is 7.80. The summed E-state index contributed by atoms with van der Waals surface area (Å²) in [6, 6.07) is 9.48.